The lowest BCUT2D eigenvalue weighted by atomic mass is 9.89. The van der Waals surface area contributed by atoms with Gasteiger partial charge in [-0.1, -0.05) is 54.1 Å². The van der Waals surface area contributed by atoms with E-state index in [1.54, 1.807) is 0 Å². The molecule has 22 heavy (non-hydrogen) atoms. The number of aromatic amines is 1. The fourth-order valence-corrected chi connectivity index (χ4v) is 2.82. The second-order valence-electron chi connectivity index (χ2n) is 5.23. The molecule has 0 spiro atoms. The summed E-state index contributed by atoms with van der Waals surface area (Å²) in [6, 6.07) is 21.0. The smallest absolute Gasteiger partial charge is 0.163 e. The zero-order valence-electron chi connectivity index (χ0n) is 12.0. The van der Waals surface area contributed by atoms with Crippen LogP contribution in [-0.4, -0.2) is 10.8 Å². The van der Waals surface area contributed by atoms with Gasteiger partial charge in [0.2, 0.25) is 0 Å². The normalized spacial score (nSPS) is 12.0. The van der Waals surface area contributed by atoms with Crippen LogP contribution in [0.5, 0.6) is 0 Å². The van der Waals surface area contributed by atoms with Crippen LogP contribution in [0, 0.1) is 0 Å². The first-order chi connectivity index (χ1) is 10.7. The zero-order chi connectivity index (χ0) is 15.4. The van der Waals surface area contributed by atoms with E-state index >= 15 is 0 Å². The van der Waals surface area contributed by atoms with Crippen molar-refractivity contribution in [3.63, 3.8) is 0 Å². The fraction of sp³-hybridized carbons (Fsp3) is 0.105. The predicted molar refractivity (Wildman–Crippen MR) is 89.5 cm³/mol. The van der Waals surface area contributed by atoms with Crippen molar-refractivity contribution in [2.45, 2.75) is 12.3 Å². The van der Waals surface area contributed by atoms with Gasteiger partial charge < -0.3 is 4.98 Å². The molecule has 3 heteroatoms. The Morgan fingerprint density at radius 3 is 2.50 bits per heavy atom. The number of Topliss-reactive ketones (excluding diaryl/α,β-unsaturated/α-hetero) is 1. The summed E-state index contributed by atoms with van der Waals surface area (Å²) in [5.41, 5.74) is 2.80. The molecule has 1 unspecified atom stereocenters. The average Bonchev–Trinajstić information content (AvgIpc) is 3.07. The largest absolute Gasteiger partial charge is 0.364 e. The van der Waals surface area contributed by atoms with Crippen molar-refractivity contribution in [3.05, 3.63) is 94.8 Å². The van der Waals surface area contributed by atoms with E-state index < -0.39 is 0 Å². The quantitative estimate of drug-likeness (QED) is 0.655. The monoisotopic (exact) mass is 309 g/mol. The highest BCUT2D eigenvalue weighted by molar-refractivity contribution is 6.30. The molecule has 0 radical (unpaired) electrons. The summed E-state index contributed by atoms with van der Waals surface area (Å²) in [5.74, 6) is 0.0987. The van der Waals surface area contributed by atoms with Gasteiger partial charge in [0.25, 0.3) is 0 Å². The molecule has 0 fully saturated rings. The molecule has 2 nitrogen and oxygen atoms in total. The third-order valence-corrected chi connectivity index (χ3v) is 3.97. The molecule has 0 bridgehead atoms. The number of aromatic nitrogens is 1. The fourth-order valence-electron chi connectivity index (χ4n) is 2.62. The third kappa shape index (κ3) is 3.29. The summed E-state index contributed by atoms with van der Waals surface area (Å²) in [7, 11) is 0. The van der Waals surface area contributed by atoms with Crippen LogP contribution < -0.4 is 0 Å². The van der Waals surface area contributed by atoms with Crippen molar-refractivity contribution in [1.82, 2.24) is 4.98 Å². The number of hydrogen-bond donors (Lipinski definition) is 1. The summed E-state index contributed by atoms with van der Waals surface area (Å²) in [6.07, 6.45) is 2.28. The van der Waals surface area contributed by atoms with Gasteiger partial charge in [0.05, 0.1) is 0 Å². The summed E-state index contributed by atoms with van der Waals surface area (Å²) in [4.78, 5) is 15.8. The number of H-pyrrole nitrogens is 1. The van der Waals surface area contributed by atoms with Crippen molar-refractivity contribution in [2.24, 2.45) is 0 Å². The Morgan fingerprint density at radius 2 is 1.82 bits per heavy atom. The van der Waals surface area contributed by atoms with Crippen LogP contribution in [0.15, 0.2) is 72.9 Å². The van der Waals surface area contributed by atoms with Gasteiger partial charge in [-0.05, 0) is 29.8 Å². The first kappa shape index (κ1) is 14.6. The number of ketones is 1. The van der Waals surface area contributed by atoms with E-state index in [1.807, 2.05) is 72.9 Å². The summed E-state index contributed by atoms with van der Waals surface area (Å²) in [5, 5.41) is 0.682. The van der Waals surface area contributed by atoms with Crippen molar-refractivity contribution < 1.29 is 4.79 Å². The molecule has 1 heterocycles. The molecular formula is C19H16ClNO. The summed E-state index contributed by atoms with van der Waals surface area (Å²) >= 11 is 6.11. The number of nitrogens with one attached hydrogen (secondary N) is 1. The second kappa shape index (κ2) is 6.63. The molecular weight excluding hydrogens is 294 g/mol. The summed E-state index contributed by atoms with van der Waals surface area (Å²) in [6.45, 7) is 0. The highest BCUT2D eigenvalue weighted by Gasteiger charge is 2.20. The van der Waals surface area contributed by atoms with E-state index in [0.717, 1.165) is 16.8 Å². The second-order valence-corrected chi connectivity index (χ2v) is 5.66. The molecule has 0 aliphatic rings. The highest BCUT2D eigenvalue weighted by Crippen LogP contribution is 2.29. The standard InChI is InChI=1S/C19H16ClNO/c20-16-9-4-8-15(12-16)17(18-10-5-11-21-18)13-19(22)14-6-2-1-3-7-14/h1-12,17,21H,13H2. The number of carbonyl (C=O) groups excluding carboxylic acids is 1. The molecule has 2 aromatic carbocycles. The molecule has 0 saturated carbocycles. The van der Waals surface area contributed by atoms with Gasteiger partial charge in [0.1, 0.15) is 0 Å². The maximum atomic E-state index is 12.6. The Kier molecular flexibility index (Phi) is 4.40. The number of halogens is 1. The van der Waals surface area contributed by atoms with Crippen LogP contribution in [0.25, 0.3) is 0 Å². The van der Waals surface area contributed by atoms with Crippen molar-refractivity contribution in [2.75, 3.05) is 0 Å². The molecule has 1 N–H and O–H groups in total. The Morgan fingerprint density at radius 1 is 1.00 bits per heavy atom. The van der Waals surface area contributed by atoms with Crippen molar-refractivity contribution >= 4 is 17.4 Å². The van der Waals surface area contributed by atoms with E-state index in [4.69, 9.17) is 11.6 Å². The molecule has 0 aliphatic carbocycles. The maximum absolute atomic E-state index is 12.6. The lowest BCUT2D eigenvalue weighted by molar-refractivity contribution is 0.0977. The van der Waals surface area contributed by atoms with Crippen LogP contribution in [0.2, 0.25) is 5.02 Å². The minimum atomic E-state index is -0.0265. The molecule has 0 aliphatic heterocycles. The molecule has 1 atom stereocenters. The van der Waals surface area contributed by atoms with Gasteiger partial charge >= 0.3 is 0 Å². The molecule has 110 valence electrons. The first-order valence-corrected chi connectivity index (χ1v) is 7.59. The SMILES string of the molecule is O=C(CC(c1cccc(Cl)c1)c1ccc[nH]1)c1ccccc1. The van der Waals surface area contributed by atoms with E-state index in [2.05, 4.69) is 4.98 Å². The Hall–Kier alpha value is -2.32. The topological polar surface area (TPSA) is 32.9 Å². The van der Waals surface area contributed by atoms with Gasteiger partial charge in [-0.2, -0.15) is 0 Å². The average molecular weight is 310 g/mol. The van der Waals surface area contributed by atoms with E-state index in [1.165, 1.54) is 0 Å². The summed E-state index contributed by atoms with van der Waals surface area (Å²) < 4.78 is 0. The van der Waals surface area contributed by atoms with E-state index in [9.17, 15) is 4.79 Å². The van der Waals surface area contributed by atoms with Gasteiger partial charge in [-0.15, -0.1) is 0 Å². The third-order valence-electron chi connectivity index (χ3n) is 3.73. The Bertz CT molecular complexity index is 750. The maximum Gasteiger partial charge on any atom is 0.163 e. The Balaban J connectivity index is 1.92. The number of rotatable bonds is 5. The molecule has 3 aromatic rings. The molecule has 3 rings (SSSR count). The lowest BCUT2D eigenvalue weighted by Gasteiger charge is -2.16. The molecule has 0 amide bonds. The highest BCUT2D eigenvalue weighted by atomic mass is 35.5. The van der Waals surface area contributed by atoms with Gasteiger partial charge in [0, 0.05) is 34.8 Å². The van der Waals surface area contributed by atoms with Crippen molar-refractivity contribution in [3.8, 4) is 0 Å². The van der Waals surface area contributed by atoms with Gasteiger partial charge in [-0.3, -0.25) is 4.79 Å². The number of benzene rings is 2. The minimum Gasteiger partial charge on any atom is -0.364 e. The predicted octanol–water partition coefficient (Wildman–Crippen LogP) is 5.07. The van der Waals surface area contributed by atoms with E-state index in [0.29, 0.717) is 11.4 Å². The van der Waals surface area contributed by atoms with Crippen LogP contribution in [0.3, 0.4) is 0 Å². The minimum absolute atomic E-state index is 0.0265. The van der Waals surface area contributed by atoms with Crippen LogP contribution in [-0.2, 0) is 0 Å². The van der Waals surface area contributed by atoms with Crippen molar-refractivity contribution in [1.29, 1.82) is 0 Å². The Labute approximate surface area is 134 Å². The lowest BCUT2D eigenvalue weighted by Crippen LogP contribution is -2.09. The van der Waals surface area contributed by atoms with Gasteiger partial charge in [0.15, 0.2) is 5.78 Å². The molecule has 0 saturated heterocycles. The van der Waals surface area contributed by atoms with Gasteiger partial charge in [-0.25, -0.2) is 0 Å². The number of hydrogen-bond acceptors (Lipinski definition) is 1. The van der Waals surface area contributed by atoms with Crippen LogP contribution in [0.4, 0.5) is 0 Å². The van der Waals surface area contributed by atoms with Crippen LogP contribution >= 0.6 is 11.6 Å². The van der Waals surface area contributed by atoms with E-state index in [-0.39, 0.29) is 11.7 Å². The van der Waals surface area contributed by atoms with Crippen LogP contribution in [0.1, 0.15) is 34.0 Å². The first-order valence-electron chi connectivity index (χ1n) is 7.21. The molecule has 1 aromatic heterocycles. The number of carbonyl (C=O) groups is 1. The zero-order valence-corrected chi connectivity index (χ0v) is 12.8.